The number of aromatic nitrogens is 2. The van der Waals surface area contributed by atoms with Crippen LogP contribution in [0.15, 0.2) is 24.4 Å². The van der Waals surface area contributed by atoms with Gasteiger partial charge in [0.1, 0.15) is 0 Å². The Morgan fingerprint density at radius 2 is 1.84 bits per heavy atom. The number of aryl methyl sites for hydroxylation is 1. The first-order valence-corrected chi connectivity index (χ1v) is 12.1. The summed E-state index contributed by atoms with van der Waals surface area (Å²) in [4.78, 5) is 19.4. The van der Waals surface area contributed by atoms with Crippen LogP contribution in [0.4, 0.5) is 10.5 Å². The molecule has 10 heteroatoms. The van der Waals surface area contributed by atoms with Gasteiger partial charge < -0.3 is 10.2 Å². The number of carbonyl (C=O) groups excluding carboxylic acids is 1. The minimum absolute atomic E-state index is 0.0980. The number of urea groups is 1. The van der Waals surface area contributed by atoms with Gasteiger partial charge in [-0.15, -0.1) is 0 Å². The highest BCUT2D eigenvalue weighted by Gasteiger charge is 2.26. The van der Waals surface area contributed by atoms with Crippen molar-refractivity contribution in [2.24, 2.45) is 13.0 Å². The summed E-state index contributed by atoms with van der Waals surface area (Å²) >= 11 is 18.3. The van der Waals surface area contributed by atoms with Crippen LogP contribution in [-0.2, 0) is 13.6 Å². The molecule has 1 aromatic carbocycles. The highest BCUT2D eigenvalue weighted by molar-refractivity contribution is 6.42. The fourth-order valence-electron chi connectivity index (χ4n) is 4.54. The van der Waals surface area contributed by atoms with Crippen LogP contribution in [-0.4, -0.2) is 76.3 Å². The van der Waals surface area contributed by atoms with E-state index in [0.717, 1.165) is 50.0 Å². The van der Waals surface area contributed by atoms with Crippen molar-refractivity contribution in [2.45, 2.75) is 19.4 Å². The summed E-state index contributed by atoms with van der Waals surface area (Å²) in [5, 5.41) is 9.04. The van der Waals surface area contributed by atoms with Crippen molar-refractivity contribution >= 4 is 46.5 Å². The average Bonchev–Trinajstić information content (AvgIpc) is 3.08. The summed E-state index contributed by atoms with van der Waals surface area (Å²) in [6.45, 7) is 7.22. The third-order valence-electron chi connectivity index (χ3n) is 6.18. The normalized spacial score (nSPS) is 20.5. The topological polar surface area (TPSA) is 56.6 Å². The molecule has 2 fully saturated rings. The molecule has 2 amide bonds. The number of hydrogen-bond acceptors (Lipinski definition) is 4. The first-order valence-electron chi connectivity index (χ1n) is 11.0. The van der Waals surface area contributed by atoms with Crippen LogP contribution in [0.25, 0.3) is 0 Å². The Morgan fingerprint density at radius 1 is 1.06 bits per heavy atom. The van der Waals surface area contributed by atoms with Crippen LogP contribution >= 0.6 is 34.8 Å². The van der Waals surface area contributed by atoms with Gasteiger partial charge in [-0.3, -0.25) is 14.5 Å². The molecule has 2 aliphatic rings. The van der Waals surface area contributed by atoms with Gasteiger partial charge in [0.25, 0.3) is 0 Å². The maximum atomic E-state index is 12.6. The van der Waals surface area contributed by atoms with Gasteiger partial charge in [0.15, 0.2) is 0 Å². The maximum absolute atomic E-state index is 12.6. The molecule has 2 aliphatic heterocycles. The van der Waals surface area contributed by atoms with Crippen molar-refractivity contribution in [3.63, 3.8) is 0 Å². The van der Waals surface area contributed by atoms with Gasteiger partial charge in [-0.1, -0.05) is 34.8 Å². The van der Waals surface area contributed by atoms with Crippen molar-refractivity contribution < 1.29 is 4.79 Å². The largest absolute Gasteiger partial charge is 0.322 e. The van der Waals surface area contributed by atoms with Gasteiger partial charge in [0.05, 0.1) is 20.8 Å². The number of nitrogens with zero attached hydrogens (tertiary/aromatic N) is 5. The molecule has 1 N–H and O–H groups in total. The van der Waals surface area contributed by atoms with E-state index in [1.165, 1.54) is 12.8 Å². The Balaban J connectivity index is 1.22. The highest BCUT2D eigenvalue weighted by Crippen LogP contribution is 2.26. The molecule has 3 heterocycles. The lowest BCUT2D eigenvalue weighted by Gasteiger charge is -2.39. The van der Waals surface area contributed by atoms with E-state index in [1.54, 1.807) is 22.9 Å². The Bertz CT molecular complexity index is 944. The Hall–Kier alpha value is -1.51. The lowest BCUT2D eigenvalue weighted by atomic mass is 9.97. The van der Waals surface area contributed by atoms with E-state index in [2.05, 4.69) is 20.2 Å². The van der Waals surface area contributed by atoms with E-state index in [-0.39, 0.29) is 6.03 Å². The monoisotopic (exact) mass is 498 g/mol. The standard InChI is InChI=1S/C22H29Cl3N6O/c1-28-14-20(25)21(27-28)15-30-6-2-3-16(13-30)12-29-7-9-31(10-8-29)22(32)26-17-4-5-18(23)19(24)11-17/h4-5,11,14,16H,2-3,6-10,12-13,15H2,1H3,(H,26,32)/t16-/m0/s1. The number of carbonyl (C=O) groups is 1. The van der Waals surface area contributed by atoms with E-state index in [9.17, 15) is 4.79 Å². The third kappa shape index (κ3) is 6.08. The van der Waals surface area contributed by atoms with E-state index in [1.807, 2.05) is 18.1 Å². The predicted octanol–water partition coefficient (Wildman–Crippen LogP) is 4.44. The van der Waals surface area contributed by atoms with Crippen molar-refractivity contribution in [1.82, 2.24) is 24.5 Å². The minimum atomic E-state index is -0.0980. The van der Waals surface area contributed by atoms with Gasteiger partial charge in [0.2, 0.25) is 0 Å². The average molecular weight is 500 g/mol. The number of piperidine rings is 1. The number of likely N-dealkylation sites (tertiary alicyclic amines) is 1. The Morgan fingerprint density at radius 3 is 2.53 bits per heavy atom. The second-order valence-corrected chi connectivity index (χ2v) is 9.91. The van der Waals surface area contributed by atoms with Crippen molar-refractivity contribution in [1.29, 1.82) is 0 Å². The van der Waals surface area contributed by atoms with Gasteiger partial charge in [0, 0.05) is 64.7 Å². The molecular formula is C22H29Cl3N6O. The first-order chi connectivity index (χ1) is 15.4. The van der Waals surface area contributed by atoms with E-state index in [4.69, 9.17) is 34.8 Å². The number of nitrogens with one attached hydrogen (secondary N) is 1. The summed E-state index contributed by atoms with van der Waals surface area (Å²) in [6.07, 6.45) is 4.29. The molecule has 4 rings (SSSR count). The van der Waals surface area contributed by atoms with Gasteiger partial charge >= 0.3 is 6.03 Å². The second kappa shape index (κ2) is 10.6. The fraction of sp³-hybridized carbons (Fsp3) is 0.545. The number of piperazine rings is 1. The maximum Gasteiger partial charge on any atom is 0.321 e. The molecule has 0 spiro atoms. The number of rotatable bonds is 5. The highest BCUT2D eigenvalue weighted by atomic mass is 35.5. The van der Waals surface area contributed by atoms with Gasteiger partial charge in [-0.05, 0) is 43.5 Å². The van der Waals surface area contributed by atoms with E-state index in [0.29, 0.717) is 34.7 Å². The summed E-state index contributed by atoms with van der Waals surface area (Å²) in [6, 6.07) is 5.02. The summed E-state index contributed by atoms with van der Waals surface area (Å²) < 4.78 is 1.77. The zero-order valence-electron chi connectivity index (χ0n) is 18.2. The molecule has 2 aromatic rings. The molecule has 0 unspecified atom stereocenters. The smallest absolute Gasteiger partial charge is 0.321 e. The molecule has 0 aliphatic carbocycles. The van der Waals surface area contributed by atoms with Crippen LogP contribution in [0, 0.1) is 5.92 Å². The zero-order valence-corrected chi connectivity index (χ0v) is 20.5. The number of halogens is 3. The lowest BCUT2D eigenvalue weighted by molar-refractivity contribution is 0.0979. The van der Waals surface area contributed by atoms with Crippen LogP contribution in [0.3, 0.4) is 0 Å². The molecule has 2 saturated heterocycles. The summed E-state index contributed by atoms with van der Waals surface area (Å²) in [7, 11) is 1.90. The molecule has 0 saturated carbocycles. The Kier molecular flexibility index (Phi) is 7.84. The van der Waals surface area contributed by atoms with Crippen LogP contribution < -0.4 is 5.32 Å². The second-order valence-electron chi connectivity index (χ2n) is 8.69. The number of benzene rings is 1. The van der Waals surface area contributed by atoms with E-state index >= 15 is 0 Å². The molecule has 1 atom stereocenters. The van der Waals surface area contributed by atoms with Crippen LogP contribution in [0.1, 0.15) is 18.5 Å². The van der Waals surface area contributed by atoms with Crippen molar-refractivity contribution in [2.75, 3.05) is 51.1 Å². The summed E-state index contributed by atoms with van der Waals surface area (Å²) in [5.41, 5.74) is 1.61. The minimum Gasteiger partial charge on any atom is -0.322 e. The third-order valence-corrected chi connectivity index (χ3v) is 7.23. The lowest BCUT2D eigenvalue weighted by Crippen LogP contribution is -2.52. The van der Waals surface area contributed by atoms with E-state index < -0.39 is 0 Å². The molecule has 1 aromatic heterocycles. The molecule has 7 nitrogen and oxygen atoms in total. The van der Waals surface area contributed by atoms with Crippen LogP contribution in [0.5, 0.6) is 0 Å². The summed E-state index contributed by atoms with van der Waals surface area (Å²) in [5.74, 6) is 0.628. The molecule has 32 heavy (non-hydrogen) atoms. The van der Waals surface area contributed by atoms with Gasteiger partial charge in [-0.2, -0.15) is 5.10 Å². The molecule has 0 bridgehead atoms. The quantitative estimate of drug-likeness (QED) is 0.661. The SMILES string of the molecule is Cn1cc(Cl)c(CN2CCC[C@@H](CN3CCN(C(=O)Nc4ccc(Cl)c(Cl)c4)CC3)C2)n1. The number of amides is 2. The predicted molar refractivity (Wildman–Crippen MR) is 130 cm³/mol. The first kappa shape index (κ1) is 23.6. The molecular weight excluding hydrogens is 471 g/mol. The Labute approximate surface area is 204 Å². The molecule has 0 radical (unpaired) electrons. The fourth-order valence-corrected chi connectivity index (χ4v) is 5.08. The van der Waals surface area contributed by atoms with Crippen molar-refractivity contribution in [3.8, 4) is 0 Å². The molecule has 174 valence electrons. The van der Waals surface area contributed by atoms with Gasteiger partial charge in [-0.25, -0.2) is 4.79 Å². The number of hydrogen-bond donors (Lipinski definition) is 1. The number of anilines is 1. The van der Waals surface area contributed by atoms with Crippen LogP contribution in [0.2, 0.25) is 15.1 Å². The van der Waals surface area contributed by atoms with Crippen molar-refractivity contribution in [3.05, 3.63) is 45.2 Å². The zero-order chi connectivity index (χ0) is 22.7.